The van der Waals surface area contributed by atoms with E-state index in [1.807, 2.05) is 0 Å². The van der Waals surface area contributed by atoms with E-state index in [2.05, 4.69) is 20.8 Å². The van der Waals surface area contributed by atoms with Gasteiger partial charge in [-0.15, -0.1) is 0 Å². The zero-order valence-corrected chi connectivity index (χ0v) is 7.30. The average Bonchev–Trinajstić information content (AvgIpc) is 1.67. The predicted molar refractivity (Wildman–Crippen MR) is 41.5 cm³/mol. The van der Waals surface area contributed by atoms with Crippen molar-refractivity contribution in [1.82, 2.24) is 0 Å². The number of rotatable bonds is 3. The van der Waals surface area contributed by atoms with Gasteiger partial charge in [0.25, 0.3) is 0 Å². The summed E-state index contributed by atoms with van der Waals surface area (Å²) in [6.45, 7) is 6.66. The molecule has 0 saturated heterocycles. The molecule has 50 valence electrons. The van der Waals surface area contributed by atoms with Crippen molar-refractivity contribution in [2.75, 3.05) is 0 Å². The lowest BCUT2D eigenvalue weighted by molar-refractivity contribution is 0.967. The quantitative estimate of drug-likeness (QED) is 0.577. The largest absolute Gasteiger partial charge is 0.353 e. The molecule has 8 heavy (non-hydrogen) atoms. The van der Waals surface area contributed by atoms with Gasteiger partial charge in [-0.3, -0.25) is 0 Å². The third-order valence-electron chi connectivity index (χ3n) is 1.48. The normalized spacial score (nSPS) is 14.6. The van der Waals surface area contributed by atoms with Crippen LogP contribution in [0.2, 0.25) is 11.6 Å². The molecule has 0 amide bonds. The van der Waals surface area contributed by atoms with Crippen molar-refractivity contribution in [2.45, 2.75) is 38.8 Å². The van der Waals surface area contributed by atoms with Crippen LogP contribution in [0.5, 0.6) is 0 Å². The standard InChI is InChI=1S/C6H17NSi/c1-4-5-8(7)6(2)3/h6,8H,4-5,7H2,1-3H3. The van der Waals surface area contributed by atoms with Gasteiger partial charge in [0.2, 0.25) is 0 Å². The molecule has 2 heteroatoms. The third kappa shape index (κ3) is 3.21. The van der Waals surface area contributed by atoms with Gasteiger partial charge < -0.3 is 5.40 Å². The molecule has 1 atom stereocenters. The number of hydrogen-bond donors (Lipinski definition) is 1. The summed E-state index contributed by atoms with van der Waals surface area (Å²) in [6, 6.07) is 1.30. The average molecular weight is 131 g/mol. The van der Waals surface area contributed by atoms with Crippen molar-refractivity contribution in [3.63, 3.8) is 0 Å². The van der Waals surface area contributed by atoms with Crippen LogP contribution in [0.3, 0.4) is 0 Å². The van der Waals surface area contributed by atoms with Crippen molar-refractivity contribution < 1.29 is 0 Å². The Morgan fingerprint density at radius 1 is 1.50 bits per heavy atom. The second-order valence-corrected chi connectivity index (χ2v) is 5.93. The lowest BCUT2D eigenvalue weighted by Crippen LogP contribution is -2.28. The zero-order chi connectivity index (χ0) is 6.57. The maximum Gasteiger partial charge on any atom is 0.108 e. The molecule has 0 radical (unpaired) electrons. The molecule has 0 aliphatic rings. The lowest BCUT2D eigenvalue weighted by atomic mass is 10.6. The van der Waals surface area contributed by atoms with E-state index in [-0.39, 0.29) is 0 Å². The Kier molecular flexibility index (Phi) is 4.19. The summed E-state index contributed by atoms with van der Waals surface area (Å²) in [4.78, 5) is 0. The Balaban J connectivity index is 3.17. The van der Waals surface area contributed by atoms with E-state index in [9.17, 15) is 0 Å². The van der Waals surface area contributed by atoms with Crippen LogP contribution >= 0.6 is 0 Å². The SMILES string of the molecule is CCC[SiH](N)C(C)C. The number of nitrogens with two attached hydrogens (primary N) is 1. The summed E-state index contributed by atoms with van der Waals surface area (Å²) in [6.07, 6.45) is 1.27. The van der Waals surface area contributed by atoms with Crippen molar-refractivity contribution in [3.8, 4) is 0 Å². The van der Waals surface area contributed by atoms with Crippen molar-refractivity contribution >= 4 is 8.96 Å². The van der Waals surface area contributed by atoms with E-state index >= 15 is 0 Å². The van der Waals surface area contributed by atoms with Gasteiger partial charge in [-0.1, -0.05) is 27.2 Å². The summed E-state index contributed by atoms with van der Waals surface area (Å²) in [5.74, 6) is 0. The molecule has 0 aromatic heterocycles. The van der Waals surface area contributed by atoms with Crippen molar-refractivity contribution in [1.29, 1.82) is 0 Å². The molecule has 0 bridgehead atoms. The van der Waals surface area contributed by atoms with E-state index in [1.54, 1.807) is 0 Å². The van der Waals surface area contributed by atoms with Crippen LogP contribution in [0.25, 0.3) is 0 Å². The molecular weight excluding hydrogens is 114 g/mol. The highest BCUT2D eigenvalue weighted by molar-refractivity contribution is 6.56. The van der Waals surface area contributed by atoms with Gasteiger partial charge in [-0.05, 0) is 11.6 Å². The molecule has 0 spiro atoms. The molecule has 0 aliphatic carbocycles. The molecule has 0 aromatic rings. The van der Waals surface area contributed by atoms with E-state index in [1.165, 1.54) is 12.5 Å². The van der Waals surface area contributed by atoms with Crippen LogP contribution in [-0.2, 0) is 0 Å². The van der Waals surface area contributed by atoms with Gasteiger partial charge in [-0.25, -0.2) is 0 Å². The molecular formula is C6H17NSi. The molecule has 1 unspecified atom stereocenters. The smallest absolute Gasteiger partial charge is 0.108 e. The third-order valence-corrected chi connectivity index (χ3v) is 4.43. The Labute approximate surface area is 54.0 Å². The Bertz CT molecular complexity index is 54.5. The highest BCUT2D eigenvalue weighted by atomic mass is 28.3. The maximum absolute atomic E-state index is 5.87. The van der Waals surface area contributed by atoms with Crippen LogP contribution in [0.15, 0.2) is 0 Å². The first-order valence-corrected chi connectivity index (χ1v) is 5.59. The first kappa shape index (κ1) is 8.18. The molecule has 0 aromatic carbocycles. The summed E-state index contributed by atoms with van der Waals surface area (Å²) in [5.41, 5.74) is 0.787. The molecule has 0 fully saturated rings. The topological polar surface area (TPSA) is 26.0 Å². The zero-order valence-electron chi connectivity index (χ0n) is 6.15. The fraction of sp³-hybridized carbons (Fsp3) is 1.00. The molecule has 2 N–H and O–H groups in total. The fourth-order valence-corrected chi connectivity index (χ4v) is 2.00. The minimum Gasteiger partial charge on any atom is -0.353 e. The van der Waals surface area contributed by atoms with E-state index < -0.39 is 8.96 Å². The summed E-state index contributed by atoms with van der Waals surface area (Å²) < 4.78 is 0. The molecule has 1 nitrogen and oxygen atoms in total. The molecule has 0 saturated carbocycles. The van der Waals surface area contributed by atoms with Crippen molar-refractivity contribution in [3.05, 3.63) is 0 Å². The Hall–Kier alpha value is 0.177. The highest BCUT2D eigenvalue weighted by Gasteiger charge is 2.06. The van der Waals surface area contributed by atoms with Crippen LogP contribution in [0.4, 0.5) is 0 Å². The Morgan fingerprint density at radius 2 is 2.00 bits per heavy atom. The second-order valence-electron chi connectivity index (χ2n) is 2.70. The first-order chi connectivity index (χ1) is 3.68. The molecule has 0 rings (SSSR count). The monoisotopic (exact) mass is 131 g/mol. The minimum atomic E-state index is -0.775. The summed E-state index contributed by atoms with van der Waals surface area (Å²) in [7, 11) is -0.775. The summed E-state index contributed by atoms with van der Waals surface area (Å²) >= 11 is 0. The first-order valence-electron chi connectivity index (χ1n) is 3.44. The minimum absolute atomic E-state index is 0.775. The predicted octanol–water partition coefficient (Wildman–Crippen LogP) is 1.49. The van der Waals surface area contributed by atoms with Crippen molar-refractivity contribution in [2.24, 2.45) is 5.40 Å². The second kappa shape index (κ2) is 4.10. The van der Waals surface area contributed by atoms with Gasteiger partial charge in [-0.2, -0.15) is 0 Å². The maximum atomic E-state index is 5.87. The lowest BCUT2D eigenvalue weighted by Gasteiger charge is -2.10. The summed E-state index contributed by atoms with van der Waals surface area (Å²) in [5, 5.41) is 5.87. The van der Waals surface area contributed by atoms with Crippen LogP contribution in [0.1, 0.15) is 27.2 Å². The van der Waals surface area contributed by atoms with Gasteiger partial charge in [0.05, 0.1) is 0 Å². The highest BCUT2D eigenvalue weighted by Crippen LogP contribution is 2.07. The van der Waals surface area contributed by atoms with Crippen LogP contribution in [-0.4, -0.2) is 8.96 Å². The van der Waals surface area contributed by atoms with Crippen LogP contribution in [0, 0.1) is 0 Å². The van der Waals surface area contributed by atoms with Gasteiger partial charge >= 0.3 is 0 Å². The Morgan fingerprint density at radius 3 is 2.12 bits per heavy atom. The van der Waals surface area contributed by atoms with E-state index in [0.717, 1.165) is 5.54 Å². The van der Waals surface area contributed by atoms with Gasteiger partial charge in [0.1, 0.15) is 8.96 Å². The van der Waals surface area contributed by atoms with E-state index in [0.29, 0.717) is 0 Å². The van der Waals surface area contributed by atoms with Gasteiger partial charge in [0.15, 0.2) is 0 Å². The molecule has 0 aliphatic heterocycles. The van der Waals surface area contributed by atoms with E-state index in [4.69, 9.17) is 5.40 Å². The molecule has 0 heterocycles. The van der Waals surface area contributed by atoms with Gasteiger partial charge in [0, 0.05) is 0 Å². The number of hydrogen-bond acceptors (Lipinski definition) is 1. The fourth-order valence-electron chi connectivity index (χ4n) is 0.667. The van der Waals surface area contributed by atoms with Crippen LogP contribution < -0.4 is 5.40 Å².